The Kier molecular flexibility index (Phi) is 3.07. The van der Waals surface area contributed by atoms with Crippen LogP contribution in [0.15, 0.2) is 12.3 Å². The average Bonchev–Trinajstić information content (AvgIpc) is 2.76. The van der Waals surface area contributed by atoms with E-state index < -0.39 is 0 Å². The number of nitrogens with zero attached hydrogens (tertiary/aromatic N) is 2. The molecule has 0 radical (unpaired) electrons. The number of β-amino-alcohol motifs (C(OH)–C–C–N with tert-alkyl or cyclic N) is 1. The molecule has 0 amide bonds. The zero-order valence-corrected chi connectivity index (χ0v) is 9.24. The van der Waals surface area contributed by atoms with Crippen LogP contribution in [0.25, 0.3) is 0 Å². The van der Waals surface area contributed by atoms with Crippen molar-refractivity contribution < 1.29 is 5.11 Å². The maximum atomic E-state index is 8.87. The molecule has 2 N–H and O–H groups in total. The van der Waals surface area contributed by atoms with Gasteiger partial charge in [-0.1, -0.05) is 6.92 Å². The van der Waals surface area contributed by atoms with Gasteiger partial charge in [0.15, 0.2) is 0 Å². The molecule has 0 saturated carbocycles. The van der Waals surface area contributed by atoms with Crippen molar-refractivity contribution in [2.75, 3.05) is 26.2 Å². The first-order chi connectivity index (χ1) is 7.24. The summed E-state index contributed by atoms with van der Waals surface area (Å²) in [7, 11) is 0. The van der Waals surface area contributed by atoms with Gasteiger partial charge >= 0.3 is 0 Å². The first kappa shape index (κ1) is 10.6. The minimum absolute atomic E-state index is 0.239. The number of rotatable bonds is 3. The molecule has 2 heterocycles. The van der Waals surface area contributed by atoms with E-state index in [0.717, 1.165) is 32.5 Å². The van der Waals surface area contributed by atoms with E-state index in [1.54, 1.807) is 0 Å². The number of hydrogen-bond acceptors (Lipinski definition) is 3. The summed E-state index contributed by atoms with van der Waals surface area (Å²) in [5.41, 5.74) is 1.48. The Labute approximate surface area is 90.3 Å². The third-order valence-electron chi connectivity index (χ3n) is 3.53. The topological polar surface area (TPSA) is 52.2 Å². The van der Waals surface area contributed by atoms with Crippen molar-refractivity contribution in [2.45, 2.75) is 25.2 Å². The maximum Gasteiger partial charge on any atom is 0.0558 e. The van der Waals surface area contributed by atoms with Crippen molar-refractivity contribution in [3.63, 3.8) is 0 Å². The molecule has 1 fully saturated rings. The Morgan fingerprint density at radius 1 is 1.53 bits per heavy atom. The normalized spacial score (nSPS) is 21.7. The molecule has 4 heteroatoms. The van der Waals surface area contributed by atoms with E-state index in [1.165, 1.54) is 5.69 Å². The van der Waals surface area contributed by atoms with Crippen LogP contribution in [-0.4, -0.2) is 46.4 Å². The Hall–Kier alpha value is -0.870. The lowest BCUT2D eigenvalue weighted by molar-refractivity contribution is 0.136. The van der Waals surface area contributed by atoms with Gasteiger partial charge < -0.3 is 10.0 Å². The van der Waals surface area contributed by atoms with Crippen LogP contribution in [0.4, 0.5) is 0 Å². The minimum Gasteiger partial charge on any atom is -0.395 e. The molecule has 1 aromatic heterocycles. The molecule has 1 aliphatic heterocycles. The summed E-state index contributed by atoms with van der Waals surface area (Å²) < 4.78 is 0. The van der Waals surface area contributed by atoms with E-state index in [9.17, 15) is 0 Å². The van der Waals surface area contributed by atoms with Crippen LogP contribution >= 0.6 is 0 Å². The molecule has 0 unspecified atom stereocenters. The van der Waals surface area contributed by atoms with Gasteiger partial charge in [-0.2, -0.15) is 5.10 Å². The highest BCUT2D eigenvalue weighted by molar-refractivity contribution is 5.14. The van der Waals surface area contributed by atoms with Crippen molar-refractivity contribution in [3.05, 3.63) is 18.0 Å². The molecule has 84 valence electrons. The monoisotopic (exact) mass is 209 g/mol. The van der Waals surface area contributed by atoms with Gasteiger partial charge in [0.25, 0.3) is 0 Å². The minimum atomic E-state index is 0.239. The van der Waals surface area contributed by atoms with Crippen LogP contribution in [0.1, 0.15) is 25.5 Å². The predicted molar refractivity (Wildman–Crippen MR) is 58.7 cm³/mol. The van der Waals surface area contributed by atoms with E-state index >= 15 is 0 Å². The molecule has 4 nitrogen and oxygen atoms in total. The van der Waals surface area contributed by atoms with Crippen molar-refractivity contribution in [1.82, 2.24) is 15.1 Å². The molecule has 0 spiro atoms. The highest BCUT2D eigenvalue weighted by atomic mass is 16.3. The molecule has 1 aromatic rings. The largest absolute Gasteiger partial charge is 0.395 e. The number of aliphatic hydroxyl groups excluding tert-OH is 1. The van der Waals surface area contributed by atoms with Crippen LogP contribution in [0.5, 0.6) is 0 Å². The van der Waals surface area contributed by atoms with Crippen molar-refractivity contribution >= 4 is 0 Å². The van der Waals surface area contributed by atoms with Crippen molar-refractivity contribution in [1.29, 1.82) is 0 Å². The number of H-pyrrole nitrogens is 1. The number of nitrogens with one attached hydrogen (secondary N) is 1. The molecular weight excluding hydrogens is 190 g/mol. The summed E-state index contributed by atoms with van der Waals surface area (Å²) >= 11 is 0. The van der Waals surface area contributed by atoms with Gasteiger partial charge in [-0.05, 0) is 32.0 Å². The Balaban J connectivity index is 1.97. The fraction of sp³-hybridized carbons (Fsp3) is 0.727. The van der Waals surface area contributed by atoms with Gasteiger partial charge in [-0.3, -0.25) is 5.10 Å². The number of aromatic amines is 1. The molecule has 0 bridgehead atoms. The fourth-order valence-corrected chi connectivity index (χ4v) is 2.27. The second-order valence-corrected chi connectivity index (χ2v) is 4.60. The number of aromatic nitrogens is 2. The Bertz CT molecular complexity index is 289. The van der Waals surface area contributed by atoms with Crippen molar-refractivity contribution in [3.8, 4) is 0 Å². The smallest absolute Gasteiger partial charge is 0.0558 e. The average molecular weight is 209 g/mol. The molecule has 2 rings (SSSR count). The van der Waals surface area contributed by atoms with Gasteiger partial charge in [0.1, 0.15) is 0 Å². The third-order valence-corrected chi connectivity index (χ3v) is 3.53. The Morgan fingerprint density at radius 3 is 2.80 bits per heavy atom. The lowest BCUT2D eigenvalue weighted by Gasteiger charge is -2.38. The third kappa shape index (κ3) is 2.21. The summed E-state index contributed by atoms with van der Waals surface area (Å²) in [5.74, 6) is 0. The quantitative estimate of drug-likeness (QED) is 0.772. The van der Waals surface area contributed by atoms with Crippen LogP contribution in [0, 0.1) is 0 Å². The molecule has 1 aliphatic rings. The van der Waals surface area contributed by atoms with Crippen LogP contribution in [0.2, 0.25) is 0 Å². The highest BCUT2D eigenvalue weighted by Crippen LogP contribution is 2.33. The van der Waals surface area contributed by atoms with Gasteiger partial charge in [-0.25, -0.2) is 0 Å². The lowest BCUT2D eigenvalue weighted by Crippen LogP contribution is -2.42. The van der Waals surface area contributed by atoms with E-state index in [-0.39, 0.29) is 12.0 Å². The van der Waals surface area contributed by atoms with Crippen molar-refractivity contribution in [2.24, 2.45) is 0 Å². The molecule has 15 heavy (non-hydrogen) atoms. The lowest BCUT2D eigenvalue weighted by atomic mass is 9.77. The van der Waals surface area contributed by atoms with Crippen LogP contribution < -0.4 is 0 Å². The standard InChI is InChI=1S/C11H19N3O/c1-11(10-2-5-12-13-10)3-6-14(7-4-11)8-9-15/h2,5,15H,3-4,6-9H2,1H3,(H,12,13). The van der Waals surface area contributed by atoms with E-state index in [4.69, 9.17) is 5.11 Å². The number of likely N-dealkylation sites (tertiary alicyclic amines) is 1. The zero-order chi connectivity index (χ0) is 10.7. The second-order valence-electron chi connectivity index (χ2n) is 4.60. The number of piperidine rings is 1. The molecule has 0 aromatic carbocycles. The highest BCUT2D eigenvalue weighted by Gasteiger charge is 2.32. The van der Waals surface area contributed by atoms with E-state index in [1.807, 2.05) is 6.20 Å². The van der Waals surface area contributed by atoms with Crippen LogP contribution in [0.3, 0.4) is 0 Å². The first-order valence-electron chi connectivity index (χ1n) is 5.58. The Morgan fingerprint density at radius 2 is 2.27 bits per heavy atom. The molecular formula is C11H19N3O. The van der Waals surface area contributed by atoms with Crippen LogP contribution in [-0.2, 0) is 5.41 Å². The summed E-state index contributed by atoms with van der Waals surface area (Å²) in [6.07, 6.45) is 4.09. The summed E-state index contributed by atoms with van der Waals surface area (Å²) in [6.45, 7) is 5.49. The van der Waals surface area contributed by atoms with Gasteiger partial charge in [-0.15, -0.1) is 0 Å². The van der Waals surface area contributed by atoms with E-state index in [2.05, 4.69) is 28.1 Å². The number of hydrogen-bond donors (Lipinski definition) is 2. The van der Waals surface area contributed by atoms with Gasteiger partial charge in [0.05, 0.1) is 6.61 Å². The van der Waals surface area contributed by atoms with E-state index in [0.29, 0.717) is 0 Å². The summed E-state index contributed by atoms with van der Waals surface area (Å²) in [4.78, 5) is 2.32. The number of aliphatic hydroxyl groups is 1. The predicted octanol–water partition coefficient (Wildman–Crippen LogP) is 0.755. The summed E-state index contributed by atoms with van der Waals surface area (Å²) in [5, 5.41) is 16.0. The maximum absolute atomic E-state index is 8.87. The van der Waals surface area contributed by atoms with Gasteiger partial charge in [0.2, 0.25) is 0 Å². The summed E-state index contributed by atoms with van der Waals surface area (Å²) in [6, 6.07) is 2.07. The second kappa shape index (κ2) is 4.33. The fourth-order valence-electron chi connectivity index (χ4n) is 2.27. The SMILES string of the molecule is CC1(c2ccn[nH]2)CCN(CCO)CC1. The molecule has 0 aliphatic carbocycles. The zero-order valence-electron chi connectivity index (χ0n) is 9.24. The molecule has 1 saturated heterocycles. The molecule has 0 atom stereocenters. The first-order valence-corrected chi connectivity index (χ1v) is 5.58. The van der Waals surface area contributed by atoms with Gasteiger partial charge in [0, 0.05) is 23.9 Å².